The van der Waals surface area contributed by atoms with Crippen LogP contribution < -0.4 is 15.2 Å². The summed E-state index contributed by atoms with van der Waals surface area (Å²) in [7, 11) is 1.38. The molecule has 1 amide bonds. The minimum absolute atomic E-state index is 0.0298. The van der Waals surface area contributed by atoms with E-state index in [1.165, 1.54) is 7.11 Å². The van der Waals surface area contributed by atoms with Crippen molar-refractivity contribution in [2.45, 2.75) is 12.3 Å². The van der Waals surface area contributed by atoms with E-state index in [1.807, 2.05) is 27.6 Å². The van der Waals surface area contributed by atoms with Gasteiger partial charge in [0.25, 0.3) is 5.91 Å². The quantitative estimate of drug-likeness (QED) is 0.604. The van der Waals surface area contributed by atoms with Gasteiger partial charge in [-0.3, -0.25) is 14.6 Å². The number of methoxy groups -OCH3 is 1. The normalized spacial score (nSPS) is 26.0. The molecular formula is C13H14IN3O5. The van der Waals surface area contributed by atoms with Crippen LogP contribution in [0.3, 0.4) is 0 Å². The van der Waals surface area contributed by atoms with Crippen molar-refractivity contribution in [2.24, 2.45) is 0 Å². The molecule has 0 saturated carbocycles. The number of carbonyl (C=O) groups excluding carboxylic acids is 1. The Morgan fingerprint density at radius 3 is 2.91 bits per heavy atom. The third-order valence-corrected chi connectivity index (χ3v) is 5.38. The predicted molar refractivity (Wildman–Crippen MR) is 83.7 cm³/mol. The molecule has 8 nitrogen and oxygen atoms in total. The monoisotopic (exact) mass is 419 g/mol. The average molecular weight is 419 g/mol. The second-order valence-corrected chi connectivity index (χ2v) is 6.49. The molecule has 1 N–H and O–H groups in total. The molecule has 3 aliphatic heterocycles. The number of morpholine rings is 1. The van der Waals surface area contributed by atoms with Gasteiger partial charge in [0, 0.05) is 6.54 Å². The van der Waals surface area contributed by atoms with Crippen LogP contribution in [-0.2, 0) is 4.74 Å². The Hall–Kier alpha value is -1.33. The van der Waals surface area contributed by atoms with Crippen molar-refractivity contribution < 1.29 is 19.4 Å². The molecule has 0 spiro atoms. The number of aromatic nitrogens is 1. The number of rotatable bonds is 1. The van der Waals surface area contributed by atoms with Crippen LogP contribution in [0.4, 0.5) is 0 Å². The van der Waals surface area contributed by atoms with E-state index in [1.54, 1.807) is 9.58 Å². The highest BCUT2D eigenvalue weighted by molar-refractivity contribution is 14.1. The van der Waals surface area contributed by atoms with Gasteiger partial charge in [-0.15, -0.1) is 0 Å². The third-order valence-electron chi connectivity index (χ3n) is 4.33. The van der Waals surface area contributed by atoms with E-state index in [4.69, 9.17) is 9.47 Å². The van der Waals surface area contributed by atoms with Crippen LogP contribution in [0.1, 0.15) is 22.3 Å². The molecule has 0 aliphatic carbocycles. The van der Waals surface area contributed by atoms with E-state index >= 15 is 0 Å². The zero-order valence-electron chi connectivity index (χ0n) is 11.8. The molecule has 9 heteroatoms. The van der Waals surface area contributed by atoms with E-state index in [9.17, 15) is 14.7 Å². The number of aliphatic hydroxyl groups is 1. The topological polar surface area (TPSA) is 84.2 Å². The average Bonchev–Trinajstić information content (AvgIpc) is 2.87. The molecule has 0 aromatic carbocycles. The molecule has 4 heterocycles. The first kappa shape index (κ1) is 14.3. The highest BCUT2D eigenvalue weighted by atomic mass is 127. The van der Waals surface area contributed by atoms with Crippen molar-refractivity contribution in [1.29, 1.82) is 0 Å². The zero-order valence-corrected chi connectivity index (χ0v) is 13.9. The van der Waals surface area contributed by atoms with Gasteiger partial charge in [-0.25, -0.2) is 4.68 Å². The van der Waals surface area contributed by atoms with E-state index in [0.29, 0.717) is 35.6 Å². The highest BCUT2D eigenvalue weighted by Gasteiger charge is 2.48. The lowest BCUT2D eigenvalue weighted by molar-refractivity contribution is -0.0163. The molecule has 0 bridgehead atoms. The molecule has 2 atom stereocenters. The lowest BCUT2D eigenvalue weighted by Crippen LogP contribution is -2.64. The Labute approximate surface area is 139 Å². The van der Waals surface area contributed by atoms with Gasteiger partial charge in [-0.1, -0.05) is 0 Å². The fourth-order valence-electron chi connectivity index (χ4n) is 3.38. The standard InChI is InChI=1S/C13H14IN3O5/c1-21-12-10-13(20)15-2-3-22-5-7(15)16-4-6(18)9(17(10)16)8(14)11(12)19/h6-7,18H,2-5H2,1H3. The van der Waals surface area contributed by atoms with Gasteiger partial charge < -0.3 is 19.5 Å². The molecule has 118 valence electrons. The smallest absolute Gasteiger partial charge is 0.278 e. The molecule has 1 aromatic rings. The van der Waals surface area contributed by atoms with Crippen molar-refractivity contribution in [3.8, 4) is 5.75 Å². The van der Waals surface area contributed by atoms with E-state index in [2.05, 4.69) is 0 Å². The van der Waals surface area contributed by atoms with E-state index in [0.717, 1.165) is 0 Å². The predicted octanol–water partition coefficient (Wildman–Crippen LogP) is -0.741. The van der Waals surface area contributed by atoms with Crippen LogP contribution in [0.5, 0.6) is 5.75 Å². The first-order valence-electron chi connectivity index (χ1n) is 6.92. The molecule has 1 saturated heterocycles. The molecule has 3 aliphatic rings. The summed E-state index contributed by atoms with van der Waals surface area (Å²) in [6.45, 7) is 1.60. The summed E-state index contributed by atoms with van der Waals surface area (Å²) in [6, 6.07) is 0. The second-order valence-electron chi connectivity index (χ2n) is 5.41. The number of pyridine rings is 1. The Balaban J connectivity index is 2.05. The van der Waals surface area contributed by atoms with Crippen LogP contribution in [0, 0.1) is 3.57 Å². The highest BCUT2D eigenvalue weighted by Crippen LogP contribution is 2.36. The second kappa shape index (κ2) is 4.83. The summed E-state index contributed by atoms with van der Waals surface area (Å²) in [5.74, 6) is -0.229. The maximum absolute atomic E-state index is 12.8. The summed E-state index contributed by atoms with van der Waals surface area (Å²) in [5.41, 5.74) is 0.294. The Bertz CT molecular complexity index is 733. The maximum atomic E-state index is 12.8. The van der Waals surface area contributed by atoms with Crippen molar-refractivity contribution in [2.75, 3.05) is 38.4 Å². The van der Waals surface area contributed by atoms with Gasteiger partial charge in [0.15, 0.2) is 11.4 Å². The zero-order chi connectivity index (χ0) is 15.6. The van der Waals surface area contributed by atoms with E-state index < -0.39 is 6.10 Å². The van der Waals surface area contributed by atoms with Crippen LogP contribution in [0.25, 0.3) is 0 Å². The summed E-state index contributed by atoms with van der Waals surface area (Å²) in [4.78, 5) is 27.0. The number of amides is 1. The molecule has 22 heavy (non-hydrogen) atoms. The first-order valence-corrected chi connectivity index (χ1v) is 8.00. The van der Waals surface area contributed by atoms with Crippen molar-refractivity contribution in [3.05, 3.63) is 25.2 Å². The number of carbonyl (C=O) groups is 1. The number of nitrogens with zero attached hydrogens (tertiary/aromatic N) is 3. The van der Waals surface area contributed by atoms with Gasteiger partial charge in [0.2, 0.25) is 5.43 Å². The van der Waals surface area contributed by atoms with Gasteiger partial charge in [-0.2, -0.15) is 0 Å². The van der Waals surface area contributed by atoms with Crippen LogP contribution in [0.15, 0.2) is 4.79 Å². The minimum Gasteiger partial charge on any atom is -0.491 e. The largest absolute Gasteiger partial charge is 0.491 e. The number of ether oxygens (including phenoxy) is 2. The maximum Gasteiger partial charge on any atom is 0.278 e. The van der Waals surface area contributed by atoms with E-state index in [-0.39, 0.29) is 28.9 Å². The molecule has 4 rings (SSSR count). The molecule has 1 aromatic heterocycles. The van der Waals surface area contributed by atoms with Crippen molar-refractivity contribution >= 4 is 28.5 Å². The molecule has 1 fully saturated rings. The van der Waals surface area contributed by atoms with Gasteiger partial charge in [-0.05, 0) is 22.6 Å². The third kappa shape index (κ3) is 1.64. The lowest BCUT2D eigenvalue weighted by atomic mass is 10.2. The molecule has 2 unspecified atom stereocenters. The Morgan fingerprint density at radius 2 is 2.18 bits per heavy atom. The number of hydrogen-bond acceptors (Lipinski definition) is 6. The number of fused-ring (bicyclic) bond motifs is 2. The van der Waals surface area contributed by atoms with Crippen LogP contribution >= 0.6 is 22.6 Å². The van der Waals surface area contributed by atoms with Crippen molar-refractivity contribution in [1.82, 2.24) is 9.58 Å². The minimum atomic E-state index is -0.820. The number of aliphatic hydroxyl groups excluding tert-OH is 1. The van der Waals surface area contributed by atoms with Gasteiger partial charge in [0.1, 0.15) is 12.3 Å². The Kier molecular flexibility index (Phi) is 3.13. The Morgan fingerprint density at radius 1 is 1.41 bits per heavy atom. The van der Waals surface area contributed by atoms with Crippen molar-refractivity contribution in [3.63, 3.8) is 0 Å². The first-order chi connectivity index (χ1) is 10.6. The van der Waals surface area contributed by atoms with Crippen LogP contribution in [0.2, 0.25) is 0 Å². The van der Waals surface area contributed by atoms with Gasteiger partial charge >= 0.3 is 0 Å². The summed E-state index contributed by atoms with van der Waals surface area (Å²) in [5, 5.41) is 12.2. The fraction of sp³-hybridized carbons (Fsp3) is 0.538. The lowest BCUT2D eigenvalue weighted by Gasteiger charge is -2.46. The summed E-state index contributed by atoms with van der Waals surface area (Å²) >= 11 is 1.90. The van der Waals surface area contributed by atoms with Gasteiger partial charge in [0.05, 0.1) is 36.1 Å². The molecule has 0 radical (unpaired) electrons. The molecular weight excluding hydrogens is 405 g/mol. The summed E-state index contributed by atoms with van der Waals surface area (Å²) in [6.07, 6.45) is -1.09. The SMILES string of the molecule is COc1c2n3c(c(I)c1=O)C(O)CN3C1COCCN1C2=O. The fourth-order valence-corrected chi connectivity index (χ4v) is 4.21. The van der Waals surface area contributed by atoms with Crippen LogP contribution in [-0.4, -0.2) is 60.2 Å². The summed E-state index contributed by atoms with van der Waals surface area (Å²) < 4.78 is 12.7. The number of hydrogen-bond donors (Lipinski definition) is 1. The number of halogens is 1.